The van der Waals surface area contributed by atoms with Crippen LogP contribution in [-0.4, -0.2) is 43.8 Å². The summed E-state index contributed by atoms with van der Waals surface area (Å²) in [4.78, 5) is 28.0. The fraction of sp³-hybridized carbons (Fsp3) is 0.310. The van der Waals surface area contributed by atoms with E-state index in [0.717, 1.165) is 9.87 Å². The lowest BCUT2D eigenvalue weighted by Gasteiger charge is -2.33. The van der Waals surface area contributed by atoms with Crippen molar-refractivity contribution in [2.24, 2.45) is 0 Å². The SMILES string of the molecule is CCc1ccccc1N(CC(=O)N(Cc1ccccc1F)C(C)C(=O)NC(C)C)S(=O)(=O)c1ccccc1. The highest BCUT2D eigenvalue weighted by atomic mass is 32.2. The molecule has 0 aliphatic heterocycles. The fourth-order valence-electron chi connectivity index (χ4n) is 4.08. The molecule has 1 atom stereocenters. The van der Waals surface area contributed by atoms with E-state index in [2.05, 4.69) is 5.32 Å². The van der Waals surface area contributed by atoms with E-state index in [1.54, 1.807) is 63.2 Å². The summed E-state index contributed by atoms with van der Waals surface area (Å²) >= 11 is 0. The minimum absolute atomic E-state index is 0.0324. The van der Waals surface area contributed by atoms with Gasteiger partial charge in [-0.1, -0.05) is 61.5 Å². The van der Waals surface area contributed by atoms with E-state index >= 15 is 0 Å². The van der Waals surface area contributed by atoms with Crippen LogP contribution in [-0.2, 0) is 32.6 Å². The highest BCUT2D eigenvalue weighted by Crippen LogP contribution is 2.28. The highest BCUT2D eigenvalue weighted by Gasteiger charge is 2.33. The van der Waals surface area contributed by atoms with Crippen molar-refractivity contribution < 1.29 is 22.4 Å². The van der Waals surface area contributed by atoms with Crippen molar-refractivity contribution in [1.29, 1.82) is 0 Å². The molecule has 0 spiro atoms. The molecule has 0 saturated heterocycles. The number of carbonyl (C=O) groups excluding carboxylic acids is 2. The molecule has 1 N–H and O–H groups in total. The largest absolute Gasteiger partial charge is 0.352 e. The monoisotopic (exact) mass is 539 g/mol. The van der Waals surface area contributed by atoms with Crippen LogP contribution in [0.2, 0.25) is 0 Å². The molecular formula is C29H34FN3O4S. The fourth-order valence-corrected chi connectivity index (χ4v) is 5.56. The molecule has 7 nitrogen and oxygen atoms in total. The molecule has 9 heteroatoms. The molecular weight excluding hydrogens is 505 g/mol. The third-order valence-electron chi connectivity index (χ3n) is 6.15. The number of benzene rings is 3. The Morgan fingerprint density at radius 1 is 0.868 bits per heavy atom. The smallest absolute Gasteiger partial charge is 0.264 e. The van der Waals surface area contributed by atoms with Gasteiger partial charge in [0.25, 0.3) is 10.0 Å². The average Bonchev–Trinajstić information content (AvgIpc) is 2.90. The zero-order valence-electron chi connectivity index (χ0n) is 22.1. The van der Waals surface area contributed by atoms with Gasteiger partial charge in [0.15, 0.2) is 0 Å². The van der Waals surface area contributed by atoms with Gasteiger partial charge in [0, 0.05) is 18.2 Å². The average molecular weight is 540 g/mol. The quantitative estimate of drug-likeness (QED) is 0.388. The zero-order chi connectivity index (χ0) is 27.9. The van der Waals surface area contributed by atoms with Crippen LogP contribution in [0.25, 0.3) is 0 Å². The third-order valence-corrected chi connectivity index (χ3v) is 7.92. The molecule has 0 heterocycles. The predicted molar refractivity (Wildman–Crippen MR) is 146 cm³/mol. The Labute approximate surface area is 224 Å². The van der Waals surface area contributed by atoms with Crippen molar-refractivity contribution in [3.8, 4) is 0 Å². The van der Waals surface area contributed by atoms with Crippen molar-refractivity contribution in [1.82, 2.24) is 10.2 Å². The Morgan fingerprint density at radius 3 is 2.05 bits per heavy atom. The second kappa shape index (κ2) is 12.7. The molecule has 0 aliphatic carbocycles. The van der Waals surface area contributed by atoms with Crippen molar-refractivity contribution in [2.45, 2.75) is 57.6 Å². The van der Waals surface area contributed by atoms with Gasteiger partial charge in [-0.3, -0.25) is 13.9 Å². The van der Waals surface area contributed by atoms with Gasteiger partial charge >= 0.3 is 0 Å². The van der Waals surface area contributed by atoms with Gasteiger partial charge in [0.1, 0.15) is 18.4 Å². The topological polar surface area (TPSA) is 86.8 Å². The van der Waals surface area contributed by atoms with Gasteiger partial charge in [0.05, 0.1) is 10.6 Å². The number of nitrogens with zero attached hydrogens (tertiary/aromatic N) is 2. The van der Waals surface area contributed by atoms with Crippen LogP contribution in [0.5, 0.6) is 0 Å². The van der Waals surface area contributed by atoms with Crippen LogP contribution in [0.1, 0.15) is 38.8 Å². The molecule has 2 amide bonds. The number of para-hydroxylation sites is 1. The van der Waals surface area contributed by atoms with E-state index < -0.39 is 40.2 Å². The van der Waals surface area contributed by atoms with Crippen LogP contribution < -0.4 is 9.62 Å². The minimum atomic E-state index is -4.15. The molecule has 0 bridgehead atoms. The summed E-state index contributed by atoms with van der Waals surface area (Å²) in [5.41, 5.74) is 1.33. The van der Waals surface area contributed by atoms with Crippen molar-refractivity contribution in [3.63, 3.8) is 0 Å². The molecule has 3 aromatic rings. The Bertz CT molecular complexity index is 1360. The standard InChI is InChI=1S/C29H34FN3O4S/c1-5-23-13-10-12-18-27(23)33(38(36,37)25-15-7-6-8-16-25)20-28(34)32(22(4)29(35)31-21(2)3)19-24-14-9-11-17-26(24)30/h6-18,21-22H,5,19-20H2,1-4H3,(H,31,35). The Kier molecular flexibility index (Phi) is 9.63. The molecule has 1 unspecified atom stereocenters. The summed E-state index contributed by atoms with van der Waals surface area (Å²) in [7, 11) is -4.15. The predicted octanol–water partition coefficient (Wildman–Crippen LogP) is 4.53. The van der Waals surface area contributed by atoms with Crippen molar-refractivity contribution in [2.75, 3.05) is 10.8 Å². The summed E-state index contributed by atoms with van der Waals surface area (Å²) in [6.07, 6.45) is 0.539. The van der Waals surface area contributed by atoms with Crippen LogP contribution in [0.3, 0.4) is 0 Å². The number of anilines is 1. The summed E-state index contributed by atoms with van der Waals surface area (Å²) in [5, 5.41) is 2.78. The van der Waals surface area contributed by atoms with Gasteiger partial charge in [-0.2, -0.15) is 0 Å². The van der Waals surface area contributed by atoms with Gasteiger partial charge in [-0.05, 0) is 57.0 Å². The molecule has 38 heavy (non-hydrogen) atoms. The number of hydrogen-bond acceptors (Lipinski definition) is 4. The molecule has 0 saturated carbocycles. The number of nitrogens with one attached hydrogen (secondary N) is 1. The van der Waals surface area contributed by atoms with E-state index in [1.807, 2.05) is 13.0 Å². The number of carbonyl (C=O) groups is 2. The second-order valence-corrected chi connectivity index (χ2v) is 11.1. The molecule has 3 aromatic carbocycles. The van der Waals surface area contributed by atoms with Crippen molar-refractivity contribution >= 4 is 27.5 Å². The molecule has 202 valence electrons. The Balaban J connectivity index is 2.07. The van der Waals surface area contributed by atoms with Crippen LogP contribution in [0, 0.1) is 5.82 Å². The van der Waals surface area contributed by atoms with Crippen LogP contribution >= 0.6 is 0 Å². The first-order valence-electron chi connectivity index (χ1n) is 12.5. The van der Waals surface area contributed by atoms with E-state index in [-0.39, 0.29) is 23.0 Å². The maximum atomic E-state index is 14.6. The summed E-state index contributed by atoms with van der Waals surface area (Å²) in [5.74, 6) is -1.58. The second-order valence-electron chi connectivity index (χ2n) is 9.26. The lowest BCUT2D eigenvalue weighted by Crippen LogP contribution is -2.52. The third kappa shape index (κ3) is 6.77. The van der Waals surface area contributed by atoms with Gasteiger partial charge < -0.3 is 10.2 Å². The first-order chi connectivity index (χ1) is 18.1. The van der Waals surface area contributed by atoms with Gasteiger partial charge in [-0.15, -0.1) is 0 Å². The number of sulfonamides is 1. The maximum absolute atomic E-state index is 14.6. The van der Waals surface area contributed by atoms with Gasteiger partial charge in [-0.25, -0.2) is 12.8 Å². The lowest BCUT2D eigenvalue weighted by atomic mass is 10.1. The summed E-state index contributed by atoms with van der Waals surface area (Å²) < 4.78 is 43.3. The highest BCUT2D eigenvalue weighted by molar-refractivity contribution is 7.92. The molecule has 3 rings (SSSR count). The number of rotatable bonds is 11. The van der Waals surface area contributed by atoms with Crippen LogP contribution in [0.4, 0.5) is 10.1 Å². The lowest BCUT2D eigenvalue weighted by molar-refractivity contribution is -0.139. The normalized spacial score (nSPS) is 12.2. The van der Waals surface area contributed by atoms with E-state index in [4.69, 9.17) is 0 Å². The number of aryl methyl sites for hydroxylation is 1. The Morgan fingerprint density at radius 2 is 1.45 bits per heavy atom. The molecule has 0 aromatic heterocycles. The Hall–Kier alpha value is -3.72. The van der Waals surface area contributed by atoms with E-state index in [1.165, 1.54) is 35.2 Å². The minimum Gasteiger partial charge on any atom is -0.352 e. The number of amides is 2. The molecule has 0 aliphatic rings. The first kappa shape index (κ1) is 28.8. The molecule has 0 radical (unpaired) electrons. The van der Waals surface area contributed by atoms with Crippen LogP contribution in [0.15, 0.2) is 83.8 Å². The zero-order valence-corrected chi connectivity index (χ0v) is 22.9. The van der Waals surface area contributed by atoms with E-state index in [9.17, 15) is 22.4 Å². The first-order valence-corrected chi connectivity index (χ1v) is 14.0. The summed E-state index contributed by atoms with van der Waals surface area (Å²) in [6, 6.07) is 19.7. The van der Waals surface area contributed by atoms with E-state index in [0.29, 0.717) is 12.1 Å². The maximum Gasteiger partial charge on any atom is 0.264 e. The van der Waals surface area contributed by atoms with Crippen molar-refractivity contribution in [3.05, 3.63) is 95.8 Å². The number of hydrogen-bond donors (Lipinski definition) is 1. The summed E-state index contributed by atoms with van der Waals surface area (Å²) in [6.45, 7) is 6.27. The molecule has 0 fully saturated rings. The van der Waals surface area contributed by atoms with Gasteiger partial charge in [0.2, 0.25) is 11.8 Å². The number of halogens is 1.